The Bertz CT molecular complexity index is 936. The van der Waals surface area contributed by atoms with Gasteiger partial charge in [0.1, 0.15) is 17.7 Å². The highest BCUT2D eigenvalue weighted by Gasteiger charge is 2.34. The van der Waals surface area contributed by atoms with Gasteiger partial charge in [-0.05, 0) is 45.6 Å². The number of carbonyl (C=O) groups is 5. The molecule has 36 heavy (non-hydrogen) atoms. The van der Waals surface area contributed by atoms with Gasteiger partial charge in [0.2, 0.25) is 11.8 Å². The fourth-order valence-electron chi connectivity index (χ4n) is 3.90. The topological polar surface area (TPSA) is 162 Å². The van der Waals surface area contributed by atoms with Crippen LogP contribution in [0.1, 0.15) is 52.0 Å². The maximum Gasteiger partial charge on any atom is 0.408 e. The lowest BCUT2D eigenvalue weighted by Gasteiger charge is -2.34. The monoisotopic (exact) mass is 505 g/mol. The number of carboxylic acids is 2. The molecule has 1 saturated heterocycles. The number of carbonyl (C=O) groups excluding carboxylic acids is 3. The van der Waals surface area contributed by atoms with Gasteiger partial charge in [-0.25, -0.2) is 9.59 Å². The van der Waals surface area contributed by atoms with Gasteiger partial charge in [-0.1, -0.05) is 30.3 Å². The number of piperidine rings is 1. The Morgan fingerprint density at radius 1 is 1.00 bits per heavy atom. The lowest BCUT2D eigenvalue weighted by atomic mass is 9.94. The first-order valence-electron chi connectivity index (χ1n) is 11.9. The molecule has 0 bridgehead atoms. The normalized spacial score (nSPS) is 15.9. The van der Waals surface area contributed by atoms with E-state index >= 15 is 0 Å². The molecule has 1 aromatic carbocycles. The first kappa shape index (κ1) is 28.6. The third-order valence-corrected chi connectivity index (χ3v) is 5.71. The number of likely N-dealkylation sites (tertiary alicyclic amines) is 1. The second kappa shape index (κ2) is 12.9. The average molecular weight is 506 g/mol. The Morgan fingerprint density at radius 3 is 2.14 bits per heavy atom. The standard InChI is InChI=1S/C25H35N3O8/c1-25(2,3)36-24(35)27-19(15-16-7-5-4-6-8-16)22(32)28-13-11-17(12-14-28)21(31)26-18(23(33)34)9-10-20(29)30/h4-8,17-19H,9-15H2,1-3H3,(H,26,31)(H,27,35)(H,29,30)(H,33,34). The number of rotatable bonds is 10. The number of aliphatic carboxylic acids is 2. The molecule has 4 N–H and O–H groups in total. The van der Waals surface area contributed by atoms with Crippen LogP contribution < -0.4 is 10.6 Å². The van der Waals surface area contributed by atoms with Crippen LogP contribution in [0.3, 0.4) is 0 Å². The fraction of sp³-hybridized carbons (Fsp3) is 0.560. The molecule has 2 unspecified atom stereocenters. The second-order valence-corrected chi connectivity index (χ2v) is 9.82. The minimum absolute atomic E-state index is 0.217. The quantitative estimate of drug-likeness (QED) is 0.374. The summed E-state index contributed by atoms with van der Waals surface area (Å²) < 4.78 is 5.32. The van der Waals surface area contributed by atoms with E-state index in [2.05, 4.69) is 10.6 Å². The van der Waals surface area contributed by atoms with E-state index in [9.17, 15) is 29.1 Å². The number of ether oxygens (including phenoxy) is 1. The molecule has 2 rings (SSSR count). The van der Waals surface area contributed by atoms with E-state index in [4.69, 9.17) is 9.84 Å². The first-order chi connectivity index (χ1) is 16.9. The number of alkyl carbamates (subject to hydrolysis) is 1. The van der Waals surface area contributed by atoms with Gasteiger partial charge in [0.25, 0.3) is 0 Å². The lowest BCUT2D eigenvalue weighted by molar-refractivity contribution is -0.144. The van der Waals surface area contributed by atoms with Crippen LogP contribution in [0.2, 0.25) is 0 Å². The summed E-state index contributed by atoms with van der Waals surface area (Å²) >= 11 is 0. The van der Waals surface area contributed by atoms with Crippen molar-refractivity contribution >= 4 is 29.8 Å². The summed E-state index contributed by atoms with van der Waals surface area (Å²) in [4.78, 5) is 62.0. The molecule has 0 aromatic heterocycles. The first-order valence-corrected chi connectivity index (χ1v) is 11.9. The van der Waals surface area contributed by atoms with Gasteiger partial charge < -0.3 is 30.5 Å². The molecule has 1 heterocycles. The van der Waals surface area contributed by atoms with Crippen molar-refractivity contribution in [3.63, 3.8) is 0 Å². The largest absolute Gasteiger partial charge is 0.481 e. The molecule has 1 aliphatic rings. The highest BCUT2D eigenvalue weighted by atomic mass is 16.6. The van der Waals surface area contributed by atoms with Crippen molar-refractivity contribution in [3.8, 4) is 0 Å². The van der Waals surface area contributed by atoms with Crippen LogP contribution in [0.25, 0.3) is 0 Å². The molecule has 11 nitrogen and oxygen atoms in total. The van der Waals surface area contributed by atoms with Crippen LogP contribution in [0.5, 0.6) is 0 Å². The van der Waals surface area contributed by atoms with Crippen LogP contribution in [0.15, 0.2) is 30.3 Å². The molecular weight excluding hydrogens is 470 g/mol. The van der Waals surface area contributed by atoms with Crippen molar-refractivity contribution in [2.75, 3.05) is 13.1 Å². The lowest BCUT2D eigenvalue weighted by Crippen LogP contribution is -2.53. The smallest absolute Gasteiger partial charge is 0.408 e. The van der Waals surface area contributed by atoms with Crippen molar-refractivity contribution < 1.29 is 38.9 Å². The van der Waals surface area contributed by atoms with E-state index < -0.39 is 47.5 Å². The summed E-state index contributed by atoms with van der Waals surface area (Å²) in [6.07, 6.45) is -0.403. The molecule has 198 valence electrons. The van der Waals surface area contributed by atoms with Crippen molar-refractivity contribution in [1.29, 1.82) is 0 Å². The van der Waals surface area contributed by atoms with Gasteiger partial charge in [-0.3, -0.25) is 14.4 Å². The molecule has 2 atom stereocenters. The molecule has 0 radical (unpaired) electrons. The van der Waals surface area contributed by atoms with Gasteiger partial charge in [0.15, 0.2) is 0 Å². The summed E-state index contributed by atoms with van der Waals surface area (Å²) in [6, 6.07) is 7.10. The van der Waals surface area contributed by atoms with Crippen LogP contribution in [0, 0.1) is 5.92 Å². The third-order valence-electron chi connectivity index (χ3n) is 5.71. The SMILES string of the molecule is CC(C)(C)OC(=O)NC(Cc1ccccc1)C(=O)N1CCC(C(=O)NC(CCC(=O)O)C(=O)O)CC1. The minimum Gasteiger partial charge on any atom is -0.481 e. The van der Waals surface area contributed by atoms with E-state index in [1.165, 1.54) is 0 Å². The van der Waals surface area contributed by atoms with Crippen LogP contribution in [-0.4, -0.2) is 75.7 Å². The van der Waals surface area contributed by atoms with Crippen LogP contribution in [-0.2, 0) is 30.3 Å². The Labute approximate surface area is 210 Å². The number of benzene rings is 1. The summed E-state index contributed by atoms with van der Waals surface area (Å²) in [5.41, 5.74) is 0.135. The second-order valence-electron chi connectivity index (χ2n) is 9.82. The Balaban J connectivity index is 2.00. The molecule has 3 amide bonds. The predicted octanol–water partition coefficient (Wildman–Crippen LogP) is 1.80. The van der Waals surface area contributed by atoms with Crippen molar-refractivity contribution in [1.82, 2.24) is 15.5 Å². The van der Waals surface area contributed by atoms with Crippen molar-refractivity contribution in [2.24, 2.45) is 5.92 Å². The molecule has 1 aliphatic heterocycles. The van der Waals surface area contributed by atoms with E-state index in [1.54, 1.807) is 25.7 Å². The summed E-state index contributed by atoms with van der Waals surface area (Å²) in [5.74, 6) is -3.73. The molecular formula is C25H35N3O8. The Hall–Kier alpha value is -3.63. The average Bonchev–Trinajstić information content (AvgIpc) is 2.80. The number of hydrogen-bond donors (Lipinski definition) is 4. The highest BCUT2D eigenvalue weighted by Crippen LogP contribution is 2.20. The number of nitrogens with one attached hydrogen (secondary N) is 2. The molecule has 1 fully saturated rings. The fourth-order valence-corrected chi connectivity index (χ4v) is 3.90. The number of hydrogen-bond acceptors (Lipinski definition) is 6. The number of nitrogens with zero attached hydrogens (tertiary/aromatic N) is 1. The number of amides is 3. The van der Waals surface area contributed by atoms with Gasteiger partial charge in [0.05, 0.1) is 0 Å². The molecule has 1 aromatic rings. The molecule has 0 aliphatic carbocycles. The highest BCUT2D eigenvalue weighted by molar-refractivity contribution is 5.87. The van der Waals surface area contributed by atoms with Gasteiger partial charge in [-0.15, -0.1) is 0 Å². The van der Waals surface area contributed by atoms with E-state index in [0.29, 0.717) is 12.8 Å². The summed E-state index contributed by atoms with van der Waals surface area (Å²) in [7, 11) is 0. The van der Waals surface area contributed by atoms with Gasteiger partial charge in [-0.2, -0.15) is 0 Å². The molecule has 0 spiro atoms. The zero-order valence-electron chi connectivity index (χ0n) is 20.9. The summed E-state index contributed by atoms with van der Waals surface area (Å²) in [6.45, 7) is 5.70. The number of carboxylic acid groups (broad SMARTS) is 2. The molecule has 0 saturated carbocycles. The Morgan fingerprint density at radius 2 is 1.61 bits per heavy atom. The Kier molecular flexibility index (Phi) is 10.2. The third kappa shape index (κ3) is 9.55. The van der Waals surface area contributed by atoms with Crippen molar-refractivity contribution in [2.45, 2.75) is 70.6 Å². The van der Waals surface area contributed by atoms with E-state index in [-0.39, 0.29) is 38.3 Å². The van der Waals surface area contributed by atoms with Crippen molar-refractivity contribution in [3.05, 3.63) is 35.9 Å². The zero-order valence-corrected chi connectivity index (χ0v) is 20.9. The van der Waals surface area contributed by atoms with Gasteiger partial charge in [0, 0.05) is 31.8 Å². The van der Waals surface area contributed by atoms with E-state index in [0.717, 1.165) is 5.56 Å². The van der Waals surface area contributed by atoms with Gasteiger partial charge >= 0.3 is 18.0 Å². The van der Waals surface area contributed by atoms with Crippen LogP contribution >= 0.6 is 0 Å². The molecule has 11 heteroatoms. The maximum absolute atomic E-state index is 13.3. The van der Waals surface area contributed by atoms with E-state index in [1.807, 2.05) is 30.3 Å². The summed E-state index contributed by atoms with van der Waals surface area (Å²) in [5, 5.41) is 23.1. The zero-order chi connectivity index (χ0) is 26.9. The maximum atomic E-state index is 13.3. The minimum atomic E-state index is -1.30. The predicted molar refractivity (Wildman–Crippen MR) is 129 cm³/mol. The van der Waals surface area contributed by atoms with Crippen LogP contribution in [0.4, 0.5) is 4.79 Å².